The van der Waals surface area contributed by atoms with Crippen LogP contribution in [0.2, 0.25) is 0 Å². The van der Waals surface area contributed by atoms with E-state index >= 15 is 0 Å². The first-order valence-electron chi connectivity index (χ1n) is 7.84. The van der Waals surface area contributed by atoms with Crippen LogP contribution in [0.5, 0.6) is 5.75 Å². The molecule has 0 spiro atoms. The Kier molecular flexibility index (Phi) is 4.15. The van der Waals surface area contributed by atoms with Gasteiger partial charge in [0.05, 0.1) is 10.9 Å². The summed E-state index contributed by atoms with van der Waals surface area (Å²) in [4.78, 5) is 29.6. The predicted molar refractivity (Wildman–Crippen MR) is 96.4 cm³/mol. The number of aromatic nitrogens is 1. The van der Waals surface area contributed by atoms with Gasteiger partial charge in [0.1, 0.15) is 18.2 Å². The zero-order valence-electron chi connectivity index (χ0n) is 13.2. The van der Waals surface area contributed by atoms with Crippen molar-refractivity contribution >= 4 is 34.8 Å². The van der Waals surface area contributed by atoms with Crippen molar-refractivity contribution in [3.8, 4) is 5.75 Å². The van der Waals surface area contributed by atoms with Gasteiger partial charge in [0.25, 0.3) is 11.1 Å². The first kappa shape index (κ1) is 15.7. The van der Waals surface area contributed by atoms with E-state index in [1.165, 1.54) is 0 Å². The second kappa shape index (κ2) is 6.60. The number of pyridine rings is 1. The minimum absolute atomic E-state index is 0.335. The number of thioether (sulfide) groups is 1. The summed E-state index contributed by atoms with van der Waals surface area (Å²) < 4.78 is 5.82. The quantitative estimate of drug-likeness (QED) is 0.658. The number of rotatable bonds is 5. The van der Waals surface area contributed by atoms with Crippen LogP contribution in [-0.4, -0.2) is 35.3 Å². The standard InChI is InChI=1S/C18H15N3O3S/c22-17-15(25-18(23)20-17)9-12-4-6-14(7-5-12)24-11-13-10-21(13)16-3-1-2-8-19-16/h1-9,13H,10-11H2,(H,20,22,23)/t13-,21?/m1/s1. The summed E-state index contributed by atoms with van der Waals surface area (Å²) in [6.07, 6.45) is 3.48. The fourth-order valence-electron chi connectivity index (χ4n) is 2.55. The van der Waals surface area contributed by atoms with E-state index in [2.05, 4.69) is 15.2 Å². The lowest BCUT2D eigenvalue weighted by atomic mass is 10.2. The van der Waals surface area contributed by atoms with Gasteiger partial charge in [-0.15, -0.1) is 0 Å². The van der Waals surface area contributed by atoms with E-state index in [9.17, 15) is 9.59 Å². The van der Waals surface area contributed by atoms with Gasteiger partial charge in [0.15, 0.2) is 0 Å². The number of benzene rings is 1. The summed E-state index contributed by atoms with van der Waals surface area (Å²) >= 11 is 0.912. The van der Waals surface area contributed by atoms with Gasteiger partial charge < -0.3 is 9.64 Å². The van der Waals surface area contributed by atoms with Crippen molar-refractivity contribution in [2.24, 2.45) is 0 Å². The van der Waals surface area contributed by atoms with Crippen LogP contribution in [0.4, 0.5) is 10.6 Å². The second-order valence-electron chi connectivity index (χ2n) is 5.73. The molecule has 2 aromatic rings. The lowest BCUT2D eigenvalue weighted by Gasteiger charge is -2.07. The summed E-state index contributed by atoms with van der Waals surface area (Å²) in [6, 6.07) is 13.7. The SMILES string of the molecule is O=C1NC(=O)C(=Cc2ccc(OC[C@H]3CN3c3ccccn3)cc2)S1. The molecule has 0 radical (unpaired) electrons. The molecule has 2 amide bonds. The number of nitrogens with one attached hydrogen (secondary N) is 1. The van der Waals surface area contributed by atoms with E-state index in [1.807, 2.05) is 42.5 Å². The molecule has 1 aromatic carbocycles. The Morgan fingerprint density at radius 3 is 2.76 bits per heavy atom. The highest BCUT2D eigenvalue weighted by molar-refractivity contribution is 8.18. The number of carbonyl (C=O) groups is 2. The molecular weight excluding hydrogens is 338 g/mol. The highest BCUT2D eigenvalue weighted by atomic mass is 32.2. The normalized spacial score (nSPS) is 20.7. The smallest absolute Gasteiger partial charge is 0.290 e. The highest BCUT2D eigenvalue weighted by Gasteiger charge is 2.35. The number of ether oxygens (including phenoxy) is 1. The van der Waals surface area contributed by atoms with Crippen LogP contribution in [0.25, 0.3) is 6.08 Å². The Morgan fingerprint density at radius 2 is 2.08 bits per heavy atom. The second-order valence-corrected chi connectivity index (χ2v) is 6.74. The minimum Gasteiger partial charge on any atom is -0.491 e. The number of carbonyl (C=O) groups excluding carboxylic acids is 2. The maximum Gasteiger partial charge on any atom is 0.290 e. The van der Waals surface area contributed by atoms with Gasteiger partial charge in [-0.3, -0.25) is 14.9 Å². The minimum atomic E-state index is -0.348. The highest BCUT2D eigenvalue weighted by Crippen LogP contribution is 2.27. The van der Waals surface area contributed by atoms with Crippen LogP contribution in [-0.2, 0) is 4.79 Å². The van der Waals surface area contributed by atoms with E-state index in [0.717, 1.165) is 35.4 Å². The fraction of sp³-hybridized carbons (Fsp3) is 0.167. The van der Waals surface area contributed by atoms with Crippen molar-refractivity contribution in [2.75, 3.05) is 18.1 Å². The molecule has 0 bridgehead atoms. The molecule has 2 saturated heterocycles. The molecule has 0 unspecified atom stereocenters. The van der Waals surface area contributed by atoms with Crippen LogP contribution in [0.3, 0.4) is 0 Å². The zero-order valence-corrected chi connectivity index (χ0v) is 14.0. The van der Waals surface area contributed by atoms with Gasteiger partial charge in [-0.05, 0) is 47.7 Å². The monoisotopic (exact) mass is 353 g/mol. The van der Waals surface area contributed by atoms with Gasteiger partial charge in [-0.1, -0.05) is 18.2 Å². The largest absolute Gasteiger partial charge is 0.491 e. The fourth-order valence-corrected chi connectivity index (χ4v) is 3.23. The third-order valence-corrected chi connectivity index (χ3v) is 4.73. The van der Waals surface area contributed by atoms with Crippen LogP contribution in [0, 0.1) is 0 Å². The van der Waals surface area contributed by atoms with Gasteiger partial charge in [-0.25, -0.2) is 4.98 Å². The molecule has 7 heteroatoms. The number of amides is 2. The summed E-state index contributed by atoms with van der Waals surface area (Å²) in [5.74, 6) is 1.40. The van der Waals surface area contributed by atoms with Crippen molar-refractivity contribution in [1.29, 1.82) is 0 Å². The summed E-state index contributed by atoms with van der Waals surface area (Å²) in [5.41, 5.74) is 0.848. The number of hydrogen-bond donors (Lipinski definition) is 1. The molecule has 4 rings (SSSR count). The molecule has 126 valence electrons. The lowest BCUT2D eigenvalue weighted by molar-refractivity contribution is -0.115. The third kappa shape index (κ3) is 3.66. The Labute approximate surface area is 148 Å². The van der Waals surface area contributed by atoms with Crippen LogP contribution in [0.15, 0.2) is 53.6 Å². The summed E-state index contributed by atoms with van der Waals surface area (Å²) in [5, 5.41) is 1.90. The van der Waals surface area contributed by atoms with Gasteiger partial charge in [-0.2, -0.15) is 0 Å². The maximum atomic E-state index is 11.5. The maximum absolute atomic E-state index is 11.5. The molecular formula is C18H15N3O3S. The Bertz CT molecular complexity index is 836. The Morgan fingerprint density at radius 1 is 1.24 bits per heavy atom. The van der Waals surface area contributed by atoms with Gasteiger partial charge in [0.2, 0.25) is 0 Å². The van der Waals surface area contributed by atoms with Crippen molar-refractivity contribution in [3.05, 3.63) is 59.1 Å². The first-order valence-corrected chi connectivity index (χ1v) is 8.66. The third-order valence-electron chi connectivity index (χ3n) is 3.92. The molecule has 1 N–H and O–H groups in total. The Balaban J connectivity index is 1.32. The molecule has 2 fully saturated rings. The van der Waals surface area contributed by atoms with Gasteiger partial charge in [0, 0.05) is 12.7 Å². The lowest BCUT2D eigenvalue weighted by Crippen LogP contribution is -2.17. The van der Waals surface area contributed by atoms with Crippen molar-refractivity contribution < 1.29 is 14.3 Å². The number of imide groups is 1. The zero-order chi connectivity index (χ0) is 17.2. The molecule has 6 nitrogen and oxygen atoms in total. The molecule has 0 aliphatic carbocycles. The molecule has 2 aliphatic heterocycles. The van der Waals surface area contributed by atoms with Gasteiger partial charge >= 0.3 is 0 Å². The molecule has 0 saturated carbocycles. The molecule has 2 aliphatic rings. The Hall–Kier alpha value is -2.80. The average molecular weight is 353 g/mol. The average Bonchev–Trinajstić information content (AvgIpc) is 3.34. The van der Waals surface area contributed by atoms with Crippen LogP contribution in [0.1, 0.15) is 5.56 Å². The van der Waals surface area contributed by atoms with Crippen molar-refractivity contribution in [2.45, 2.75) is 6.04 Å². The number of hydrogen-bond acceptors (Lipinski definition) is 6. The molecule has 25 heavy (non-hydrogen) atoms. The van der Waals surface area contributed by atoms with Crippen molar-refractivity contribution in [1.82, 2.24) is 10.3 Å². The molecule has 3 heterocycles. The summed E-state index contributed by atoms with van der Waals surface area (Å²) in [6.45, 7) is 1.55. The van der Waals surface area contributed by atoms with E-state index in [4.69, 9.17) is 4.74 Å². The number of nitrogens with zero attached hydrogens (tertiary/aromatic N) is 2. The van der Waals surface area contributed by atoms with Crippen molar-refractivity contribution in [3.63, 3.8) is 0 Å². The predicted octanol–water partition coefficient (Wildman–Crippen LogP) is 2.67. The van der Waals surface area contributed by atoms with E-state index in [0.29, 0.717) is 17.6 Å². The van der Waals surface area contributed by atoms with E-state index < -0.39 is 0 Å². The molecule has 1 atom stereocenters. The number of anilines is 1. The first-order chi connectivity index (χ1) is 12.2. The van der Waals surface area contributed by atoms with E-state index in [1.54, 1.807) is 12.3 Å². The summed E-state index contributed by atoms with van der Waals surface area (Å²) in [7, 11) is 0. The topological polar surface area (TPSA) is 71.3 Å². The van der Waals surface area contributed by atoms with Crippen LogP contribution >= 0.6 is 11.8 Å². The molecule has 1 aromatic heterocycles. The van der Waals surface area contributed by atoms with Crippen LogP contribution < -0.4 is 15.0 Å². The van der Waals surface area contributed by atoms with E-state index in [-0.39, 0.29) is 11.1 Å².